The summed E-state index contributed by atoms with van der Waals surface area (Å²) < 4.78 is 53.6. The molecule has 0 fully saturated rings. The molecular weight excluding hydrogens is 510 g/mol. The van der Waals surface area contributed by atoms with E-state index in [1.807, 2.05) is 0 Å². The molecule has 2 aromatic carbocycles. The van der Waals surface area contributed by atoms with E-state index in [2.05, 4.69) is 20.2 Å². The lowest BCUT2D eigenvalue weighted by atomic mass is 10.2. The van der Waals surface area contributed by atoms with Crippen LogP contribution in [0.2, 0.25) is 5.02 Å². The van der Waals surface area contributed by atoms with Crippen LogP contribution in [-0.2, 0) is 20.0 Å². The lowest BCUT2D eigenvalue weighted by Gasteiger charge is -2.18. The summed E-state index contributed by atoms with van der Waals surface area (Å²) in [7, 11) is -7.77. The number of nitrogens with one attached hydrogen (secondary N) is 2. The van der Waals surface area contributed by atoms with Crippen LogP contribution in [0.5, 0.6) is 0 Å². The Hall–Kier alpha value is -2.58. The fourth-order valence-corrected chi connectivity index (χ4v) is 6.28. The lowest BCUT2D eigenvalue weighted by molar-refractivity contribution is 0.102. The predicted molar refractivity (Wildman–Crippen MR) is 127 cm³/mol. The van der Waals surface area contributed by atoms with E-state index in [9.17, 15) is 21.6 Å². The van der Waals surface area contributed by atoms with E-state index >= 15 is 0 Å². The molecule has 0 bridgehead atoms. The normalized spacial score (nSPS) is 12.0. The molecular formula is C19H20ClN5O5S3. The zero-order valence-electron chi connectivity index (χ0n) is 17.5. The first-order valence-electron chi connectivity index (χ1n) is 9.60. The average molecular weight is 530 g/mol. The molecule has 3 rings (SSSR count). The van der Waals surface area contributed by atoms with Crippen LogP contribution >= 0.6 is 22.9 Å². The number of sulfonamides is 2. The SMILES string of the molecule is CCN(CC)S(=O)(=O)c1ccc(NS(=O)(=O)c2nnc(NC(=O)c3ccc(Cl)cc3)s2)cc1. The van der Waals surface area contributed by atoms with Gasteiger partial charge in [0.05, 0.1) is 4.90 Å². The predicted octanol–water partition coefficient (Wildman–Crippen LogP) is 3.28. The van der Waals surface area contributed by atoms with Crippen molar-refractivity contribution in [3.05, 3.63) is 59.1 Å². The first-order chi connectivity index (χ1) is 15.6. The molecule has 0 unspecified atom stereocenters. The quantitative estimate of drug-likeness (QED) is 0.405. The van der Waals surface area contributed by atoms with Crippen molar-refractivity contribution in [3.8, 4) is 0 Å². The molecule has 1 amide bonds. The maximum absolute atomic E-state index is 12.6. The van der Waals surface area contributed by atoms with Crippen LogP contribution < -0.4 is 10.0 Å². The highest BCUT2D eigenvalue weighted by Crippen LogP contribution is 2.24. The van der Waals surface area contributed by atoms with E-state index in [1.54, 1.807) is 26.0 Å². The highest BCUT2D eigenvalue weighted by Gasteiger charge is 2.24. The second-order valence-corrected chi connectivity index (χ2v) is 11.8. The van der Waals surface area contributed by atoms with Gasteiger partial charge in [-0.2, -0.15) is 12.7 Å². The van der Waals surface area contributed by atoms with Crippen LogP contribution in [0, 0.1) is 0 Å². The number of benzene rings is 2. The summed E-state index contributed by atoms with van der Waals surface area (Å²) in [5, 5.41) is 10.3. The topological polar surface area (TPSA) is 138 Å². The minimum atomic E-state index is -4.11. The molecule has 3 aromatic rings. The van der Waals surface area contributed by atoms with Crippen molar-refractivity contribution in [1.29, 1.82) is 0 Å². The Morgan fingerprint density at radius 2 is 1.58 bits per heavy atom. The fourth-order valence-electron chi connectivity index (χ4n) is 2.75. The van der Waals surface area contributed by atoms with Gasteiger partial charge in [0, 0.05) is 29.4 Å². The molecule has 1 heterocycles. The van der Waals surface area contributed by atoms with Crippen molar-refractivity contribution in [2.75, 3.05) is 23.1 Å². The van der Waals surface area contributed by atoms with E-state index in [0.717, 1.165) is 0 Å². The van der Waals surface area contributed by atoms with E-state index in [1.165, 1.54) is 40.7 Å². The van der Waals surface area contributed by atoms with Crippen LogP contribution in [0.4, 0.5) is 10.8 Å². The van der Waals surface area contributed by atoms with Gasteiger partial charge in [-0.05, 0) is 48.5 Å². The van der Waals surface area contributed by atoms with Gasteiger partial charge in [-0.25, -0.2) is 8.42 Å². The Kier molecular flexibility index (Phi) is 7.69. The summed E-state index contributed by atoms with van der Waals surface area (Å²) in [6.07, 6.45) is 0. The lowest BCUT2D eigenvalue weighted by Crippen LogP contribution is -2.30. The van der Waals surface area contributed by atoms with E-state index in [0.29, 0.717) is 35.0 Å². The van der Waals surface area contributed by atoms with Gasteiger partial charge in [-0.1, -0.05) is 36.8 Å². The standard InChI is InChI=1S/C19H20ClN5O5S3/c1-3-25(4-2)33(29,30)16-11-9-15(10-12-16)24-32(27,28)19-23-22-18(31-19)21-17(26)13-5-7-14(20)8-6-13/h5-12,24H,3-4H2,1-2H3,(H,21,22,26). The van der Waals surface area contributed by atoms with Crippen molar-refractivity contribution < 1.29 is 21.6 Å². The third kappa shape index (κ3) is 5.86. The summed E-state index contributed by atoms with van der Waals surface area (Å²) in [6, 6.07) is 11.5. The first-order valence-corrected chi connectivity index (χ1v) is 13.7. The Balaban J connectivity index is 1.72. The number of anilines is 2. The molecule has 33 heavy (non-hydrogen) atoms. The third-order valence-electron chi connectivity index (χ3n) is 4.41. The van der Waals surface area contributed by atoms with Gasteiger partial charge in [0.2, 0.25) is 15.2 Å². The molecule has 14 heteroatoms. The number of hydrogen-bond acceptors (Lipinski definition) is 8. The van der Waals surface area contributed by atoms with Crippen LogP contribution in [0.15, 0.2) is 57.8 Å². The highest BCUT2D eigenvalue weighted by molar-refractivity contribution is 7.94. The Labute approximate surface area is 200 Å². The monoisotopic (exact) mass is 529 g/mol. The molecule has 0 radical (unpaired) electrons. The second-order valence-electron chi connectivity index (χ2n) is 6.55. The average Bonchev–Trinajstić information content (AvgIpc) is 3.24. The summed E-state index contributed by atoms with van der Waals surface area (Å²) >= 11 is 6.47. The van der Waals surface area contributed by atoms with Crippen LogP contribution in [-0.4, -0.2) is 50.3 Å². The van der Waals surface area contributed by atoms with Gasteiger partial charge in [-0.15, -0.1) is 10.2 Å². The van der Waals surface area contributed by atoms with E-state index in [4.69, 9.17) is 11.6 Å². The maximum Gasteiger partial charge on any atom is 0.291 e. The number of nitrogens with zero attached hydrogens (tertiary/aromatic N) is 3. The summed E-state index contributed by atoms with van der Waals surface area (Å²) in [5.41, 5.74) is 0.465. The minimum Gasteiger partial charge on any atom is -0.296 e. The molecule has 0 atom stereocenters. The molecule has 10 nitrogen and oxygen atoms in total. The summed E-state index contributed by atoms with van der Waals surface area (Å²) in [6.45, 7) is 4.11. The molecule has 0 aliphatic carbocycles. The number of hydrogen-bond donors (Lipinski definition) is 2. The molecule has 2 N–H and O–H groups in total. The Morgan fingerprint density at radius 1 is 0.970 bits per heavy atom. The number of halogens is 1. The molecule has 176 valence electrons. The molecule has 0 spiro atoms. The van der Waals surface area contributed by atoms with E-state index < -0.39 is 26.0 Å². The molecule has 0 aliphatic rings. The third-order valence-corrected chi connectivity index (χ3v) is 9.32. The van der Waals surface area contributed by atoms with Crippen LogP contribution in [0.3, 0.4) is 0 Å². The van der Waals surface area contributed by atoms with Crippen molar-refractivity contribution >= 4 is 59.7 Å². The van der Waals surface area contributed by atoms with Crippen LogP contribution in [0.25, 0.3) is 0 Å². The van der Waals surface area contributed by atoms with Gasteiger partial charge in [0.15, 0.2) is 0 Å². The number of amides is 1. The van der Waals surface area contributed by atoms with Crippen molar-refractivity contribution in [2.45, 2.75) is 23.1 Å². The summed E-state index contributed by atoms with van der Waals surface area (Å²) in [4.78, 5) is 12.3. The van der Waals surface area contributed by atoms with Gasteiger partial charge >= 0.3 is 0 Å². The number of carbonyl (C=O) groups is 1. The van der Waals surface area contributed by atoms with Crippen LogP contribution in [0.1, 0.15) is 24.2 Å². The largest absolute Gasteiger partial charge is 0.296 e. The molecule has 0 saturated carbocycles. The molecule has 0 saturated heterocycles. The number of carbonyl (C=O) groups excluding carboxylic acids is 1. The zero-order chi connectivity index (χ0) is 24.2. The zero-order valence-corrected chi connectivity index (χ0v) is 20.7. The van der Waals surface area contributed by atoms with Crippen molar-refractivity contribution in [1.82, 2.24) is 14.5 Å². The highest BCUT2D eigenvalue weighted by atomic mass is 35.5. The fraction of sp³-hybridized carbons (Fsp3) is 0.211. The van der Waals surface area contributed by atoms with Gasteiger partial charge in [0.1, 0.15) is 0 Å². The number of rotatable bonds is 9. The summed E-state index contributed by atoms with van der Waals surface area (Å²) in [5.74, 6) is -0.496. The minimum absolute atomic E-state index is 0.00371. The van der Waals surface area contributed by atoms with Crippen molar-refractivity contribution in [3.63, 3.8) is 0 Å². The maximum atomic E-state index is 12.6. The van der Waals surface area contributed by atoms with Crippen molar-refractivity contribution in [2.24, 2.45) is 0 Å². The van der Waals surface area contributed by atoms with E-state index in [-0.39, 0.29) is 20.1 Å². The van der Waals surface area contributed by atoms with Gasteiger partial charge in [-0.3, -0.25) is 14.8 Å². The smallest absolute Gasteiger partial charge is 0.291 e. The molecule has 0 aliphatic heterocycles. The number of aromatic nitrogens is 2. The van der Waals surface area contributed by atoms with Gasteiger partial charge in [0.25, 0.3) is 20.3 Å². The Morgan fingerprint density at radius 3 is 2.15 bits per heavy atom. The second kappa shape index (κ2) is 10.1. The first kappa shape index (κ1) is 25.1. The molecule has 1 aromatic heterocycles. The Bertz CT molecular complexity index is 1340. The van der Waals surface area contributed by atoms with Gasteiger partial charge < -0.3 is 0 Å².